The van der Waals surface area contributed by atoms with Crippen LogP contribution in [0, 0.1) is 5.92 Å². The van der Waals surface area contributed by atoms with Crippen molar-refractivity contribution in [2.45, 2.75) is 55.9 Å². The van der Waals surface area contributed by atoms with Crippen molar-refractivity contribution < 1.29 is 14.7 Å². The second-order valence-corrected chi connectivity index (χ2v) is 9.10. The van der Waals surface area contributed by atoms with Crippen molar-refractivity contribution in [2.24, 2.45) is 5.92 Å². The highest BCUT2D eigenvalue weighted by Crippen LogP contribution is 2.32. The standard InChI is InChI=1S/C21H28N2O3S/c24-12-17-6-3-9-23(17)21(26)19-20(27-13-22-19)18(25)11-14-7-8-15-4-1-2-5-16(15)10-14/h1-2,4-5,14,17,19-20,22,24H,3,6-13H2/t14-,17-,19-,20?/m0/s1. The number of aliphatic hydroxyl groups is 1. The number of carbonyl (C=O) groups is 2. The van der Waals surface area contributed by atoms with E-state index in [0.29, 0.717) is 24.8 Å². The molecule has 1 aromatic rings. The van der Waals surface area contributed by atoms with Crippen LogP contribution >= 0.6 is 11.8 Å². The molecular formula is C21H28N2O3S. The zero-order valence-electron chi connectivity index (χ0n) is 15.6. The Bertz CT molecular complexity index is 710. The molecule has 27 heavy (non-hydrogen) atoms. The van der Waals surface area contributed by atoms with Gasteiger partial charge in [0.15, 0.2) is 0 Å². The third-order valence-electron chi connectivity index (χ3n) is 6.26. The summed E-state index contributed by atoms with van der Waals surface area (Å²) < 4.78 is 0. The van der Waals surface area contributed by atoms with Gasteiger partial charge in [0.1, 0.15) is 11.8 Å². The van der Waals surface area contributed by atoms with Gasteiger partial charge in [-0.1, -0.05) is 24.3 Å². The van der Waals surface area contributed by atoms with Crippen molar-refractivity contribution in [2.75, 3.05) is 19.0 Å². The average molecular weight is 389 g/mol. The number of amides is 1. The monoisotopic (exact) mass is 388 g/mol. The number of benzene rings is 1. The van der Waals surface area contributed by atoms with Crippen LogP contribution in [0.4, 0.5) is 0 Å². The van der Waals surface area contributed by atoms with Crippen LogP contribution in [0.15, 0.2) is 24.3 Å². The Morgan fingerprint density at radius 2 is 2.04 bits per heavy atom. The molecule has 2 N–H and O–H groups in total. The lowest BCUT2D eigenvalue weighted by atomic mass is 9.81. The molecule has 4 atom stereocenters. The summed E-state index contributed by atoms with van der Waals surface area (Å²) in [7, 11) is 0. The second kappa shape index (κ2) is 8.33. The lowest BCUT2D eigenvalue weighted by molar-refractivity contribution is -0.136. The van der Waals surface area contributed by atoms with Gasteiger partial charge in [-0.05, 0) is 49.1 Å². The van der Waals surface area contributed by atoms with E-state index >= 15 is 0 Å². The molecule has 2 aliphatic heterocycles. The molecule has 1 amide bonds. The number of nitrogens with one attached hydrogen (secondary N) is 1. The van der Waals surface area contributed by atoms with Gasteiger partial charge in [0.25, 0.3) is 0 Å². The lowest BCUT2D eigenvalue weighted by Crippen LogP contribution is -2.52. The van der Waals surface area contributed by atoms with Crippen LogP contribution < -0.4 is 5.32 Å². The van der Waals surface area contributed by atoms with E-state index in [0.717, 1.165) is 32.1 Å². The summed E-state index contributed by atoms with van der Waals surface area (Å²) in [5.41, 5.74) is 2.78. The number of rotatable bonds is 5. The molecule has 0 radical (unpaired) electrons. The van der Waals surface area contributed by atoms with E-state index in [2.05, 4.69) is 29.6 Å². The third-order valence-corrected chi connectivity index (χ3v) is 7.49. The first-order valence-corrected chi connectivity index (χ1v) is 11.1. The van der Waals surface area contributed by atoms with E-state index in [1.807, 2.05) is 0 Å². The van der Waals surface area contributed by atoms with E-state index in [1.54, 1.807) is 16.7 Å². The summed E-state index contributed by atoms with van der Waals surface area (Å²) in [6.45, 7) is 0.693. The Balaban J connectivity index is 1.39. The predicted octanol–water partition coefficient (Wildman–Crippen LogP) is 1.77. The molecule has 0 saturated carbocycles. The Kier molecular flexibility index (Phi) is 5.85. The summed E-state index contributed by atoms with van der Waals surface area (Å²) >= 11 is 1.56. The van der Waals surface area contributed by atoms with E-state index in [9.17, 15) is 14.7 Å². The summed E-state index contributed by atoms with van der Waals surface area (Å²) in [6.07, 6.45) is 5.38. The number of likely N-dealkylation sites (tertiary alicyclic amines) is 1. The highest BCUT2D eigenvalue weighted by atomic mass is 32.2. The summed E-state index contributed by atoms with van der Waals surface area (Å²) in [6, 6.07) is 7.99. The minimum atomic E-state index is -0.439. The minimum Gasteiger partial charge on any atom is -0.394 e. The molecule has 4 rings (SSSR count). The molecule has 5 nitrogen and oxygen atoms in total. The average Bonchev–Trinajstić information content (AvgIpc) is 3.36. The zero-order valence-corrected chi connectivity index (χ0v) is 16.4. The maximum Gasteiger partial charge on any atom is 0.241 e. The number of hydrogen-bond acceptors (Lipinski definition) is 5. The van der Waals surface area contributed by atoms with E-state index < -0.39 is 6.04 Å². The van der Waals surface area contributed by atoms with Gasteiger partial charge in [-0.25, -0.2) is 0 Å². The van der Waals surface area contributed by atoms with Crippen LogP contribution in [0.3, 0.4) is 0 Å². The quantitative estimate of drug-likeness (QED) is 0.805. The van der Waals surface area contributed by atoms with E-state index in [-0.39, 0.29) is 29.6 Å². The van der Waals surface area contributed by atoms with Gasteiger partial charge in [-0.15, -0.1) is 11.8 Å². The molecule has 3 aliphatic rings. The molecule has 2 saturated heterocycles. The number of aliphatic hydroxyl groups excluding tert-OH is 1. The number of aryl methyl sites for hydroxylation is 1. The molecule has 0 bridgehead atoms. The highest BCUT2D eigenvalue weighted by molar-refractivity contribution is 8.00. The SMILES string of the molecule is O=C(C[C@H]1CCc2ccccc2C1)C1SCN[C@@H]1C(=O)N1CCC[C@H]1CO. The van der Waals surface area contributed by atoms with Crippen molar-refractivity contribution >= 4 is 23.5 Å². The number of nitrogens with zero attached hydrogens (tertiary/aromatic N) is 1. The fourth-order valence-electron chi connectivity index (χ4n) is 4.77. The summed E-state index contributed by atoms with van der Waals surface area (Å²) in [4.78, 5) is 27.8. The molecule has 0 aromatic heterocycles. The molecule has 0 spiro atoms. The molecule has 1 aromatic carbocycles. The van der Waals surface area contributed by atoms with Crippen LogP contribution in [0.2, 0.25) is 0 Å². The maximum atomic E-state index is 13.0. The van der Waals surface area contributed by atoms with Gasteiger partial charge in [0.05, 0.1) is 17.9 Å². The molecule has 146 valence electrons. The van der Waals surface area contributed by atoms with Crippen molar-refractivity contribution in [3.63, 3.8) is 0 Å². The van der Waals surface area contributed by atoms with E-state index in [4.69, 9.17) is 0 Å². The van der Waals surface area contributed by atoms with Gasteiger partial charge in [-0.3, -0.25) is 14.9 Å². The lowest BCUT2D eigenvalue weighted by Gasteiger charge is -2.29. The number of fused-ring (bicyclic) bond motifs is 1. The molecule has 1 aliphatic carbocycles. The topological polar surface area (TPSA) is 69.6 Å². The van der Waals surface area contributed by atoms with Gasteiger partial charge < -0.3 is 10.0 Å². The van der Waals surface area contributed by atoms with Gasteiger partial charge in [0, 0.05) is 18.8 Å². The second-order valence-electron chi connectivity index (χ2n) is 7.97. The molecular weight excluding hydrogens is 360 g/mol. The van der Waals surface area contributed by atoms with Crippen molar-refractivity contribution in [1.82, 2.24) is 10.2 Å². The first-order valence-electron chi connectivity index (χ1n) is 10.0. The Morgan fingerprint density at radius 1 is 1.22 bits per heavy atom. The van der Waals surface area contributed by atoms with Crippen molar-refractivity contribution in [1.29, 1.82) is 0 Å². The number of thioether (sulfide) groups is 1. The Labute approximate surface area is 164 Å². The number of hydrogen-bond donors (Lipinski definition) is 2. The third kappa shape index (κ3) is 3.93. The van der Waals surface area contributed by atoms with E-state index in [1.165, 1.54) is 11.1 Å². The van der Waals surface area contributed by atoms with Crippen LogP contribution in [-0.2, 0) is 22.4 Å². The zero-order chi connectivity index (χ0) is 18.8. The highest BCUT2D eigenvalue weighted by Gasteiger charge is 2.42. The molecule has 6 heteroatoms. The normalized spacial score (nSPS) is 30.3. The molecule has 2 heterocycles. The van der Waals surface area contributed by atoms with Crippen molar-refractivity contribution in [3.8, 4) is 0 Å². The smallest absolute Gasteiger partial charge is 0.241 e. The first kappa shape index (κ1) is 19.0. The van der Waals surface area contributed by atoms with Gasteiger partial charge in [-0.2, -0.15) is 0 Å². The molecule has 2 fully saturated rings. The van der Waals surface area contributed by atoms with Crippen LogP contribution in [-0.4, -0.2) is 58.1 Å². The van der Waals surface area contributed by atoms with Crippen molar-refractivity contribution in [3.05, 3.63) is 35.4 Å². The number of ketones is 1. The first-order chi connectivity index (χ1) is 13.2. The largest absolute Gasteiger partial charge is 0.394 e. The number of carbonyl (C=O) groups excluding carboxylic acids is 2. The van der Waals surface area contributed by atoms with Crippen LogP contribution in [0.1, 0.15) is 36.8 Å². The fourth-order valence-corrected chi connectivity index (χ4v) is 5.91. The minimum absolute atomic E-state index is 0.00565. The van der Waals surface area contributed by atoms with Crippen LogP contribution in [0.25, 0.3) is 0 Å². The fraction of sp³-hybridized carbons (Fsp3) is 0.619. The van der Waals surface area contributed by atoms with Crippen LogP contribution in [0.5, 0.6) is 0 Å². The summed E-state index contributed by atoms with van der Waals surface area (Å²) in [5, 5.41) is 12.4. The Morgan fingerprint density at radius 3 is 2.85 bits per heavy atom. The predicted molar refractivity (Wildman–Crippen MR) is 107 cm³/mol. The van der Waals surface area contributed by atoms with Gasteiger partial charge in [0.2, 0.25) is 5.91 Å². The molecule has 1 unspecified atom stereocenters. The summed E-state index contributed by atoms with van der Waals surface area (Å²) in [5.74, 6) is 1.20. The van der Waals surface area contributed by atoms with Gasteiger partial charge >= 0.3 is 0 Å². The maximum absolute atomic E-state index is 13.0. The number of Topliss-reactive ketones (excluding diaryl/α,β-unsaturated/α-hetero) is 1. The Hall–Kier alpha value is -1.37.